The van der Waals surface area contributed by atoms with E-state index < -0.39 is 0 Å². The lowest BCUT2D eigenvalue weighted by molar-refractivity contribution is 0.253. The van der Waals surface area contributed by atoms with E-state index in [4.69, 9.17) is 5.73 Å². The first-order valence-electron chi connectivity index (χ1n) is 8.09. The predicted molar refractivity (Wildman–Crippen MR) is 90.2 cm³/mol. The van der Waals surface area contributed by atoms with Crippen LogP contribution < -0.4 is 15.5 Å². The number of rotatable bonds is 3. The first-order chi connectivity index (χ1) is 10.1. The van der Waals surface area contributed by atoms with Crippen LogP contribution in [0.25, 0.3) is 0 Å². The third-order valence-electron chi connectivity index (χ3n) is 5.29. The predicted octanol–water partition coefficient (Wildman–Crippen LogP) is 1.75. The number of benzene rings is 1. The highest BCUT2D eigenvalue weighted by molar-refractivity contribution is 5.74. The zero-order valence-corrected chi connectivity index (χ0v) is 13.5. The summed E-state index contributed by atoms with van der Waals surface area (Å²) < 4.78 is 0. The smallest absolute Gasteiger partial charge is 0.0664 e. The molecule has 1 fully saturated rings. The molecule has 2 aliphatic heterocycles. The van der Waals surface area contributed by atoms with Crippen LogP contribution in [-0.4, -0.2) is 56.3 Å². The molecule has 0 aromatic heterocycles. The van der Waals surface area contributed by atoms with Crippen molar-refractivity contribution in [2.24, 2.45) is 5.73 Å². The van der Waals surface area contributed by atoms with Crippen LogP contribution >= 0.6 is 0 Å². The van der Waals surface area contributed by atoms with E-state index in [0.29, 0.717) is 6.04 Å². The normalized spacial score (nSPS) is 26.5. The van der Waals surface area contributed by atoms with Gasteiger partial charge in [0, 0.05) is 45.8 Å². The number of nitrogens with zero attached hydrogens (tertiary/aromatic N) is 3. The van der Waals surface area contributed by atoms with Crippen LogP contribution in [0.3, 0.4) is 0 Å². The quantitative estimate of drug-likeness (QED) is 0.919. The largest absolute Gasteiger partial charge is 0.371 e. The van der Waals surface area contributed by atoms with Crippen molar-refractivity contribution in [2.45, 2.75) is 31.8 Å². The monoisotopic (exact) mass is 288 g/mol. The highest BCUT2D eigenvalue weighted by Crippen LogP contribution is 2.39. The van der Waals surface area contributed by atoms with Gasteiger partial charge in [-0.3, -0.25) is 4.90 Å². The Morgan fingerprint density at radius 3 is 2.48 bits per heavy atom. The molecule has 4 nitrogen and oxygen atoms in total. The van der Waals surface area contributed by atoms with Gasteiger partial charge in [-0.1, -0.05) is 12.1 Å². The van der Waals surface area contributed by atoms with Gasteiger partial charge in [-0.25, -0.2) is 0 Å². The molecule has 116 valence electrons. The topological polar surface area (TPSA) is 35.7 Å². The van der Waals surface area contributed by atoms with Gasteiger partial charge in [-0.2, -0.15) is 0 Å². The van der Waals surface area contributed by atoms with E-state index in [0.717, 1.165) is 32.7 Å². The van der Waals surface area contributed by atoms with Gasteiger partial charge in [0.25, 0.3) is 0 Å². The van der Waals surface area contributed by atoms with Gasteiger partial charge in [0.05, 0.1) is 16.9 Å². The summed E-state index contributed by atoms with van der Waals surface area (Å²) in [6, 6.07) is 9.34. The second-order valence-electron chi connectivity index (χ2n) is 6.80. The molecule has 1 unspecified atom stereocenters. The lowest BCUT2D eigenvalue weighted by Crippen LogP contribution is -2.59. The fourth-order valence-electron chi connectivity index (χ4n) is 3.82. The van der Waals surface area contributed by atoms with Crippen LogP contribution in [0.15, 0.2) is 24.3 Å². The van der Waals surface area contributed by atoms with Gasteiger partial charge in [0.1, 0.15) is 0 Å². The van der Waals surface area contributed by atoms with E-state index in [1.165, 1.54) is 17.8 Å². The number of likely N-dealkylation sites (N-methyl/N-ethyl adjacent to an activating group) is 1. The number of likely N-dealkylation sites (tertiary alicyclic amines) is 1. The molecule has 1 aromatic rings. The maximum Gasteiger partial charge on any atom is 0.0664 e. The van der Waals surface area contributed by atoms with Crippen molar-refractivity contribution in [3.63, 3.8) is 0 Å². The summed E-state index contributed by atoms with van der Waals surface area (Å²) >= 11 is 0. The number of nitrogens with two attached hydrogens (primary N) is 1. The molecule has 0 amide bonds. The van der Waals surface area contributed by atoms with Crippen molar-refractivity contribution in [2.75, 3.05) is 49.6 Å². The van der Waals surface area contributed by atoms with E-state index >= 15 is 0 Å². The number of para-hydroxylation sites is 2. The molecule has 0 saturated carbocycles. The molecule has 4 heteroatoms. The summed E-state index contributed by atoms with van der Waals surface area (Å²) in [6.07, 6.45) is 1.17. The number of fused-ring (bicyclic) bond motifs is 1. The van der Waals surface area contributed by atoms with Crippen LogP contribution in [0.4, 0.5) is 11.4 Å². The maximum atomic E-state index is 6.27. The molecule has 0 radical (unpaired) electrons. The zero-order chi connectivity index (χ0) is 15.0. The van der Waals surface area contributed by atoms with Gasteiger partial charge in [-0.15, -0.1) is 0 Å². The zero-order valence-electron chi connectivity index (χ0n) is 13.5. The maximum absolute atomic E-state index is 6.27. The molecule has 1 saturated heterocycles. The molecule has 1 aromatic carbocycles. The summed E-state index contributed by atoms with van der Waals surface area (Å²) in [4.78, 5) is 7.50. The molecule has 21 heavy (non-hydrogen) atoms. The van der Waals surface area contributed by atoms with Gasteiger partial charge >= 0.3 is 0 Å². The first kappa shape index (κ1) is 14.7. The molecule has 0 bridgehead atoms. The van der Waals surface area contributed by atoms with Crippen molar-refractivity contribution < 1.29 is 0 Å². The Morgan fingerprint density at radius 2 is 1.86 bits per heavy atom. The Hall–Kier alpha value is -1.26. The van der Waals surface area contributed by atoms with E-state index in [9.17, 15) is 0 Å². The summed E-state index contributed by atoms with van der Waals surface area (Å²) in [5.74, 6) is 0. The second-order valence-corrected chi connectivity index (χ2v) is 6.80. The second kappa shape index (κ2) is 5.50. The lowest BCUT2D eigenvalue weighted by Gasteiger charge is -2.47. The lowest BCUT2D eigenvalue weighted by atomic mass is 9.93. The van der Waals surface area contributed by atoms with Gasteiger partial charge in [0.2, 0.25) is 0 Å². The average molecular weight is 288 g/mol. The van der Waals surface area contributed by atoms with Crippen LogP contribution in [0.1, 0.15) is 20.3 Å². The summed E-state index contributed by atoms with van der Waals surface area (Å²) in [6.45, 7) is 9.67. The fourth-order valence-corrected chi connectivity index (χ4v) is 3.82. The SMILES string of the molecule is CC(C)N1CCC(CN)(N2CCN(C)c3ccccc32)C1. The molecule has 2 N–H and O–H groups in total. The molecule has 3 rings (SSSR count). The molecule has 0 spiro atoms. The minimum absolute atomic E-state index is 0.0988. The molecular formula is C17H28N4. The van der Waals surface area contributed by atoms with Crippen molar-refractivity contribution >= 4 is 11.4 Å². The first-order valence-corrected chi connectivity index (χ1v) is 8.09. The van der Waals surface area contributed by atoms with Crippen LogP contribution in [0, 0.1) is 0 Å². The summed E-state index contributed by atoms with van der Waals surface area (Å²) in [5.41, 5.74) is 9.05. The highest BCUT2D eigenvalue weighted by Gasteiger charge is 2.44. The average Bonchev–Trinajstić information content (AvgIpc) is 2.94. The Balaban J connectivity index is 1.94. The van der Waals surface area contributed by atoms with Crippen LogP contribution in [-0.2, 0) is 0 Å². The Bertz CT molecular complexity index is 501. The molecular weight excluding hydrogens is 260 g/mol. The van der Waals surface area contributed by atoms with Gasteiger partial charge < -0.3 is 15.5 Å². The van der Waals surface area contributed by atoms with Crippen LogP contribution in [0.5, 0.6) is 0 Å². The Kier molecular flexibility index (Phi) is 3.84. The molecule has 2 aliphatic rings. The van der Waals surface area contributed by atoms with Gasteiger partial charge in [-0.05, 0) is 32.4 Å². The van der Waals surface area contributed by atoms with Crippen molar-refractivity contribution in [1.29, 1.82) is 0 Å². The highest BCUT2D eigenvalue weighted by atomic mass is 15.3. The number of hydrogen-bond donors (Lipinski definition) is 1. The van der Waals surface area contributed by atoms with Gasteiger partial charge in [0.15, 0.2) is 0 Å². The van der Waals surface area contributed by atoms with E-state index in [1.54, 1.807) is 0 Å². The number of hydrogen-bond acceptors (Lipinski definition) is 4. The Morgan fingerprint density at radius 1 is 1.14 bits per heavy atom. The minimum atomic E-state index is 0.0988. The van der Waals surface area contributed by atoms with Crippen LogP contribution in [0.2, 0.25) is 0 Å². The standard InChI is InChI=1S/C17H28N4/c1-14(2)20-9-8-17(12-18,13-20)21-11-10-19(3)15-6-4-5-7-16(15)21/h4-7,14H,8-13,18H2,1-3H3. The summed E-state index contributed by atoms with van der Waals surface area (Å²) in [5, 5.41) is 0. The third-order valence-corrected chi connectivity index (χ3v) is 5.29. The van der Waals surface area contributed by atoms with E-state index in [2.05, 4.69) is 59.9 Å². The van der Waals surface area contributed by atoms with Crippen molar-refractivity contribution in [3.8, 4) is 0 Å². The molecule has 2 heterocycles. The molecule has 1 atom stereocenters. The van der Waals surface area contributed by atoms with Crippen molar-refractivity contribution in [3.05, 3.63) is 24.3 Å². The molecule has 0 aliphatic carbocycles. The van der Waals surface area contributed by atoms with Crippen molar-refractivity contribution in [1.82, 2.24) is 4.90 Å². The fraction of sp³-hybridized carbons (Fsp3) is 0.647. The summed E-state index contributed by atoms with van der Waals surface area (Å²) in [7, 11) is 2.18. The van der Waals surface area contributed by atoms with E-state index in [1.807, 2.05) is 0 Å². The Labute approximate surface area is 128 Å². The van der Waals surface area contributed by atoms with E-state index in [-0.39, 0.29) is 5.54 Å². The third kappa shape index (κ3) is 2.40. The number of anilines is 2. The minimum Gasteiger partial charge on any atom is -0.371 e.